The molecule has 1 saturated carbocycles. The number of imidazole rings is 2. The molecule has 0 bridgehead atoms. The molecule has 1 aliphatic carbocycles. The van der Waals surface area contributed by atoms with Crippen LogP contribution in [0.25, 0.3) is 11.0 Å². The van der Waals surface area contributed by atoms with Gasteiger partial charge < -0.3 is 14.9 Å². The van der Waals surface area contributed by atoms with Crippen molar-refractivity contribution in [2.45, 2.75) is 32.4 Å². The molecule has 3 aromatic rings. The van der Waals surface area contributed by atoms with Crippen LogP contribution in [0.3, 0.4) is 0 Å². The quantitative estimate of drug-likeness (QED) is 0.764. The van der Waals surface area contributed by atoms with Crippen molar-refractivity contribution >= 4 is 16.7 Å². The summed E-state index contributed by atoms with van der Waals surface area (Å²) in [6.45, 7) is 2.77. The molecular weight excluding hydrogens is 250 g/mol. The topological polar surface area (TPSA) is 58.5 Å². The van der Waals surface area contributed by atoms with Crippen molar-refractivity contribution in [1.29, 1.82) is 0 Å². The molecule has 0 aliphatic heterocycles. The molecular formula is C15H17N5. The van der Waals surface area contributed by atoms with Crippen molar-refractivity contribution in [3.05, 3.63) is 42.2 Å². The van der Waals surface area contributed by atoms with Crippen LogP contribution >= 0.6 is 0 Å². The second kappa shape index (κ2) is 4.37. The van der Waals surface area contributed by atoms with Crippen LogP contribution in [-0.2, 0) is 6.54 Å². The van der Waals surface area contributed by atoms with Gasteiger partial charge >= 0.3 is 0 Å². The largest absolute Gasteiger partial charge is 0.379 e. The lowest BCUT2D eigenvalue weighted by molar-refractivity contribution is 0.701. The first-order valence-electron chi connectivity index (χ1n) is 7.00. The number of fused-ring (bicyclic) bond motifs is 1. The van der Waals surface area contributed by atoms with Crippen molar-refractivity contribution in [3.8, 4) is 0 Å². The average Bonchev–Trinajstić information content (AvgIpc) is 3.05. The molecule has 0 saturated heterocycles. The number of aromatic amines is 1. The molecule has 0 unspecified atom stereocenters. The molecule has 2 aromatic heterocycles. The van der Waals surface area contributed by atoms with Crippen molar-refractivity contribution in [2.24, 2.45) is 0 Å². The molecule has 2 heterocycles. The lowest BCUT2D eigenvalue weighted by Crippen LogP contribution is -2.05. The number of anilines is 1. The Morgan fingerprint density at radius 1 is 1.40 bits per heavy atom. The molecule has 0 atom stereocenters. The number of hydrogen-bond donors (Lipinski definition) is 2. The molecule has 0 amide bonds. The average molecular weight is 267 g/mol. The van der Waals surface area contributed by atoms with Gasteiger partial charge in [0.2, 0.25) is 0 Å². The van der Waals surface area contributed by atoms with Crippen LogP contribution in [-0.4, -0.2) is 19.5 Å². The van der Waals surface area contributed by atoms with Gasteiger partial charge in [-0.25, -0.2) is 9.97 Å². The zero-order valence-corrected chi connectivity index (χ0v) is 11.4. The Morgan fingerprint density at radius 2 is 2.30 bits per heavy atom. The summed E-state index contributed by atoms with van der Waals surface area (Å²) in [5.74, 6) is 0.948. The summed E-state index contributed by atoms with van der Waals surface area (Å²) in [4.78, 5) is 11.9. The van der Waals surface area contributed by atoms with Gasteiger partial charge in [-0.15, -0.1) is 0 Å². The van der Waals surface area contributed by atoms with E-state index in [1.165, 1.54) is 18.5 Å². The van der Waals surface area contributed by atoms with E-state index >= 15 is 0 Å². The maximum Gasteiger partial charge on any atom is 0.104 e. The maximum absolute atomic E-state index is 4.41. The molecule has 20 heavy (non-hydrogen) atoms. The summed E-state index contributed by atoms with van der Waals surface area (Å²) in [6.07, 6.45) is 6.45. The van der Waals surface area contributed by atoms with E-state index in [1.54, 1.807) is 0 Å². The van der Waals surface area contributed by atoms with E-state index in [4.69, 9.17) is 0 Å². The highest BCUT2D eigenvalue weighted by Crippen LogP contribution is 2.35. The van der Waals surface area contributed by atoms with Gasteiger partial charge in [0.25, 0.3) is 0 Å². The zero-order chi connectivity index (χ0) is 13.5. The third-order valence-electron chi connectivity index (χ3n) is 3.76. The third-order valence-corrected chi connectivity index (χ3v) is 3.76. The highest BCUT2D eigenvalue weighted by molar-refractivity contribution is 5.79. The van der Waals surface area contributed by atoms with Crippen LogP contribution in [0, 0.1) is 6.92 Å². The SMILES string of the molecule is Cc1nc2ccc(NCc3cncn3C3CC3)cc2[nH]1. The zero-order valence-electron chi connectivity index (χ0n) is 11.4. The molecule has 1 aromatic carbocycles. The van der Waals surface area contributed by atoms with E-state index in [0.717, 1.165) is 29.1 Å². The fourth-order valence-electron chi connectivity index (χ4n) is 2.59. The Morgan fingerprint density at radius 3 is 3.15 bits per heavy atom. The van der Waals surface area contributed by atoms with Gasteiger partial charge in [-0.3, -0.25) is 0 Å². The predicted molar refractivity (Wildman–Crippen MR) is 78.7 cm³/mol. The smallest absolute Gasteiger partial charge is 0.104 e. The molecule has 0 spiro atoms. The Kier molecular flexibility index (Phi) is 2.52. The molecule has 2 N–H and O–H groups in total. The van der Waals surface area contributed by atoms with Gasteiger partial charge in [-0.2, -0.15) is 0 Å². The van der Waals surface area contributed by atoms with Crippen LogP contribution in [0.4, 0.5) is 5.69 Å². The number of H-pyrrole nitrogens is 1. The van der Waals surface area contributed by atoms with E-state index in [0.29, 0.717) is 6.04 Å². The van der Waals surface area contributed by atoms with E-state index in [1.807, 2.05) is 25.5 Å². The van der Waals surface area contributed by atoms with Gasteiger partial charge in [0.1, 0.15) is 5.82 Å². The van der Waals surface area contributed by atoms with E-state index in [9.17, 15) is 0 Å². The van der Waals surface area contributed by atoms with Crippen LogP contribution in [0.15, 0.2) is 30.7 Å². The number of rotatable bonds is 4. The van der Waals surface area contributed by atoms with Crippen molar-refractivity contribution in [2.75, 3.05) is 5.32 Å². The first kappa shape index (κ1) is 11.5. The normalized spacial score (nSPS) is 14.8. The minimum absolute atomic E-state index is 0.673. The number of benzene rings is 1. The molecule has 1 aliphatic rings. The predicted octanol–water partition coefficient (Wildman–Crippen LogP) is 3.01. The Labute approximate surface area is 117 Å². The van der Waals surface area contributed by atoms with Crippen molar-refractivity contribution in [1.82, 2.24) is 19.5 Å². The number of aromatic nitrogens is 4. The lowest BCUT2D eigenvalue weighted by atomic mass is 10.2. The lowest BCUT2D eigenvalue weighted by Gasteiger charge is -2.09. The Hall–Kier alpha value is -2.30. The maximum atomic E-state index is 4.41. The molecule has 102 valence electrons. The molecule has 1 fully saturated rings. The van der Waals surface area contributed by atoms with Gasteiger partial charge in [-0.1, -0.05) is 0 Å². The van der Waals surface area contributed by atoms with Gasteiger partial charge in [-0.05, 0) is 38.0 Å². The van der Waals surface area contributed by atoms with Crippen LogP contribution < -0.4 is 5.32 Å². The molecule has 0 radical (unpaired) electrons. The fraction of sp³-hybridized carbons (Fsp3) is 0.333. The first-order chi connectivity index (χ1) is 9.79. The fourth-order valence-corrected chi connectivity index (χ4v) is 2.59. The van der Waals surface area contributed by atoms with Gasteiger partial charge in [0.15, 0.2) is 0 Å². The summed E-state index contributed by atoms with van der Waals surface area (Å²) in [7, 11) is 0. The Balaban J connectivity index is 1.53. The van der Waals surface area contributed by atoms with Crippen LogP contribution in [0.2, 0.25) is 0 Å². The highest BCUT2D eigenvalue weighted by atomic mass is 15.1. The second-order valence-electron chi connectivity index (χ2n) is 5.43. The highest BCUT2D eigenvalue weighted by Gasteiger charge is 2.24. The van der Waals surface area contributed by atoms with Crippen molar-refractivity contribution in [3.63, 3.8) is 0 Å². The minimum Gasteiger partial charge on any atom is -0.379 e. The first-order valence-corrected chi connectivity index (χ1v) is 7.00. The summed E-state index contributed by atoms with van der Waals surface area (Å²) in [5, 5.41) is 3.46. The molecule has 4 rings (SSSR count). The van der Waals surface area contributed by atoms with E-state index in [2.05, 4.69) is 37.0 Å². The number of aryl methyl sites for hydroxylation is 1. The van der Waals surface area contributed by atoms with Gasteiger partial charge in [0.05, 0.1) is 29.6 Å². The second-order valence-corrected chi connectivity index (χ2v) is 5.43. The van der Waals surface area contributed by atoms with Crippen LogP contribution in [0.1, 0.15) is 30.4 Å². The third kappa shape index (κ3) is 2.05. The Bertz CT molecular complexity index is 751. The summed E-state index contributed by atoms with van der Waals surface area (Å²) < 4.78 is 2.28. The summed E-state index contributed by atoms with van der Waals surface area (Å²) in [5.41, 5.74) is 4.43. The van der Waals surface area contributed by atoms with E-state index < -0.39 is 0 Å². The standard InChI is InChI=1S/C15H17N5/c1-10-18-14-5-2-11(6-15(14)19-10)17-8-13-7-16-9-20(13)12-3-4-12/h2,5-7,9,12,17H,3-4,8H2,1H3,(H,18,19). The summed E-state index contributed by atoms with van der Waals surface area (Å²) in [6, 6.07) is 6.89. The monoisotopic (exact) mass is 267 g/mol. The van der Waals surface area contributed by atoms with Crippen LogP contribution in [0.5, 0.6) is 0 Å². The number of nitrogens with zero attached hydrogens (tertiary/aromatic N) is 3. The minimum atomic E-state index is 0.673. The van der Waals surface area contributed by atoms with Gasteiger partial charge in [0, 0.05) is 17.9 Å². The number of hydrogen-bond acceptors (Lipinski definition) is 3. The van der Waals surface area contributed by atoms with Crippen molar-refractivity contribution < 1.29 is 0 Å². The summed E-state index contributed by atoms with van der Waals surface area (Å²) >= 11 is 0. The molecule has 5 heteroatoms. The molecule has 5 nitrogen and oxygen atoms in total. The van der Waals surface area contributed by atoms with E-state index in [-0.39, 0.29) is 0 Å². The number of nitrogens with one attached hydrogen (secondary N) is 2.